The number of nitrogen functional groups attached to an aromatic ring is 1. The van der Waals surface area contributed by atoms with Crippen molar-refractivity contribution in [3.05, 3.63) is 53.6 Å². The normalized spacial score (nSPS) is 19.1. The quantitative estimate of drug-likeness (QED) is 0.794. The van der Waals surface area contributed by atoms with Gasteiger partial charge in [0, 0.05) is 23.2 Å². The molecule has 4 rings (SSSR count). The molecule has 0 spiro atoms. The van der Waals surface area contributed by atoms with Crippen LogP contribution < -0.4 is 15.8 Å². The number of hydrogen-bond donors (Lipinski definition) is 2. The second-order valence-corrected chi connectivity index (χ2v) is 5.47. The highest BCUT2D eigenvalue weighted by atomic mass is 16.5. The van der Waals surface area contributed by atoms with Gasteiger partial charge in [-0.3, -0.25) is 0 Å². The van der Waals surface area contributed by atoms with Crippen molar-refractivity contribution in [1.29, 1.82) is 0 Å². The van der Waals surface area contributed by atoms with E-state index >= 15 is 0 Å². The number of hydrogen-bond acceptors (Lipinski definition) is 5. The molecule has 3 N–H and O–H groups in total. The van der Waals surface area contributed by atoms with E-state index in [1.54, 1.807) is 0 Å². The Hall–Kier alpha value is -2.69. The maximum absolute atomic E-state index is 5.79. The summed E-state index contributed by atoms with van der Waals surface area (Å²) in [6.07, 6.45) is 0.883. The van der Waals surface area contributed by atoms with Crippen molar-refractivity contribution in [2.75, 3.05) is 12.3 Å². The average molecular weight is 295 g/mol. The van der Waals surface area contributed by atoms with Crippen molar-refractivity contribution in [3.8, 4) is 5.75 Å². The number of nitrogens with two attached hydrogens (primary N) is 1. The van der Waals surface area contributed by atoms with E-state index in [0.29, 0.717) is 19.2 Å². The van der Waals surface area contributed by atoms with Crippen LogP contribution in [0, 0.1) is 0 Å². The minimum Gasteiger partial charge on any atom is -0.493 e. The monoisotopic (exact) mass is 295 g/mol. The highest BCUT2D eigenvalue weighted by molar-refractivity contribution is 5.80. The molecule has 2 aliphatic heterocycles. The molecule has 22 heavy (non-hydrogen) atoms. The molecule has 0 amide bonds. The highest BCUT2D eigenvalue weighted by Gasteiger charge is 2.23. The Balaban J connectivity index is 1.59. The van der Waals surface area contributed by atoms with Crippen LogP contribution in [0.5, 0.6) is 5.75 Å². The van der Waals surface area contributed by atoms with Crippen molar-refractivity contribution in [2.24, 2.45) is 4.99 Å². The number of ether oxygens (including phenoxy) is 2. The predicted molar refractivity (Wildman–Crippen MR) is 85.2 cm³/mol. The van der Waals surface area contributed by atoms with Crippen LogP contribution in [0.3, 0.4) is 0 Å². The topological polar surface area (TPSA) is 68.9 Å². The number of nitrogens with one attached hydrogen (secondary N) is 1. The Morgan fingerprint density at radius 1 is 1.14 bits per heavy atom. The Kier molecular flexibility index (Phi) is 3.11. The van der Waals surface area contributed by atoms with E-state index in [0.717, 1.165) is 34.7 Å². The standard InChI is InChI=1S/C17H17N3O2/c18-12-5-6-14-11(9-12)10-22-17(19-14)20-15-7-8-21-16-4-2-1-3-13(15)16/h1-6,9,15H,7-8,10,18H2,(H,19,20). The molecule has 1 unspecified atom stereocenters. The third-order valence-electron chi connectivity index (χ3n) is 3.95. The lowest BCUT2D eigenvalue weighted by molar-refractivity contribution is 0.238. The molecule has 0 saturated carbocycles. The number of aliphatic imine (C=N–C) groups is 1. The second-order valence-electron chi connectivity index (χ2n) is 5.47. The van der Waals surface area contributed by atoms with Crippen molar-refractivity contribution < 1.29 is 9.47 Å². The van der Waals surface area contributed by atoms with Crippen LogP contribution in [0.2, 0.25) is 0 Å². The zero-order valence-corrected chi connectivity index (χ0v) is 12.1. The van der Waals surface area contributed by atoms with Crippen molar-refractivity contribution >= 4 is 17.4 Å². The van der Waals surface area contributed by atoms with Gasteiger partial charge in [-0.1, -0.05) is 18.2 Å². The molecule has 2 heterocycles. The van der Waals surface area contributed by atoms with E-state index in [1.807, 2.05) is 36.4 Å². The van der Waals surface area contributed by atoms with Gasteiger partial charge in [-0.25, -0.2) is 0 Å². The zero-order chi connectivity index (χ0) is 14.9. The van der Waals surface area contributed by atoms with Crippen LogP contribution >= 0.6 is 0 Å². The first-order valence-electron chi connectivity index (χ1n) is 7.38. The van der Waals surface area contributed by atoms with Gasteiger partial charge in [-0.05, 0) is 24.3 Å². The van der Waals surface area contributed by atoms with Crippen LogP contribution in [0.1, 0.15) is 23.6 Å². The summed E-state index contributed by atoms with van der Waals surface area (Å²) in [4.78, 5) is 4.54. The van der Waals surface area contributed by atoms with Crippen LogP contribution in [0.25, 0.3) is 0 Å². The number of rotatable bonds is 1. The van der Waals surface area contributed by atoms with Crippen LogP contribution in [-0.2, 0) is 11.3 Å². The Morgan fingerprint density at radius 2 is 2.05 bits per heavy atom. The molecule has 1 atom stereocenters. The summed E-state index contributed by atoms with van der Waals surface area (Å²) < 4.78 is 11.4. The summed E-state index contributed by atoms with van der Waals surface area (Å²) in [6, 6.07) is 14.5. The van der Waals surface area contributed by atoms with Crippen molar-refractivity contribution in [2.45, 2.75) is 19.1 Å². The van der Waals surface area contributed by atoms with E-state index in [4.69, 9.17) is 15.2 Å². The fourth-order valence-electron chi connectivity index (χ4n) is 2.83. The highest BCUT2D eigenvalue weighted by Crippen LogP contribution is 2.32. The van der Waals surface area contributed by atoms with Gasteiger partial charge in [-0.2, -0.15) is 4.99 Å². The summed E-state index contributed by atoms with van der Waals surface area (Å²) in [7, 11) is 0. The zero-order valence-electron chi connectivity index (χ0n) is 12.1. The predicted octanol–water partition coefficient (Wildman–Crippen LogP) is 2.90. The van der Waals surface area contributed by atoms with Crippen molar-refractivity contribution in [3.63, 3.8) is 0 Å². The molecule has 112 valence electrons. The maximum atomic E-state index is 5.79. The lowest BCUT2D eigenvalue weighted by Gasteiger charge is -2.28. The van der Waals surface area contributed by atoms with E-state index < -0.39 is 0 Å². The van der Waals surface area contributed by atoms with Gasteiger partial charge in [0.25, 0.3) is 6.02 Å². The fraction of sp³-hybridized carbons (Fsp3) is 0.235. The van der Waals surface area contributed by atoms with Gasteiger partial charge in [-0.15, -0.1) is 0 Å². The first-order chi connectivity index (χ1) is 10.8. The molecule has 0 saturated heterocycles. The Morgan fingerprint density at radius 3 is 3.00 bits per heavy atom. The number of anilines is 1. The largest absolute Gasteiger partial charge is 0.493 e. The van der Waals surface area contributed by atoms with Gasteiger partial charge in [0.1, 0.15) is 12.4 Å². The number of benzene rings is 2. The fourth-order valence-corrected chi connectivity index (χ4v) is 2.83. The molecule has 0 fully saturated rings. The molecule has 0 aliphatic carbocycles. The van der Waals surface area contributed by atoms with Crippen LogP contribution in [0.15, 0.2) is 47.5 Å². The van der Waals surface area contributed by atoms with E-state index in [1.165, 1.54) is 0 Å². The molecule has 0 aromatic heterocycles. The molecule has 0 radical (unpaired) electrons. The van der Waals surface area contributed by atoms with Gasteiger partial charge >= 0.3 is 0 Å². The summed E-state index contributed by atoms with van der Waals surface area (Å²) in [5, 5.41) is 3.39. The smallest absolute Gasteiger partial charge is 0.290 e. The van der Waals surface area contributed by atoms with Gasteiger partial charge in [0.2, 0.25) is 0 Å². The van der Waals surface area contributed by atoms with Gasteiger partial charge in [0.05, 0.1) is 18.3 Å². The third kappa shape index (κ3) is 2.35. The molecule has 2 aromatic rings. The van der Waals surface area contributed by atoms with Crippen LogP contribution in [-0.4, -0.2) is 12.6 Å². The van der Waals surface area contributed by atoms with E-state index in [-0.39, 0.29) is 6.04 Å². The molecular formula is C17H17N3O2. The SMILES string of the molecule is Nc1ccc2c(c1)COC(NC1CCOc3ccccc31)=N2. The number of fused-ring (bicyclic) bond motifs is 2. The Labute approximate surface area is 128 Å². The molecule has 2 aromatic carbocycles. The Bertz CT molecular complexity index is 742. The third-order valence-corrected chi connectivity index (χ3v) is 3.95. The summed E-state index contributed by atoms with van der Waals surface area (Å²) in [5.41, 5.74) is 9.57. The summed E-state index contributed by atoms with van der Waals surface area (Å²) in [6.45, 7) is 1.17. The van der Waals surface area contributed by atoms with Crippen molar-refractivity contribution in [1.82, 2.24) is 5.32 Å². The molecule has 2 aliphatic rings. The molecular weight excluding hydrogens is 278 g/mol. The van der Waals surface area contributed by atoms with E-state index in [9.17, 15) is 0 Å². The molecule has 5 nitrogen and oxygen atoms in total. The van der Waals surface area contributed by atoms with Gasteiger partial charge < -0.3 is 20.5 Å². The number of para-hydroxylation sites is 1. The molecule has 5 heteroatoms. The lowest BCUT2D eigenvalue weighted by Crippen LogP contribution is -2.34. The number of nitrogens with zero attached hydrogens (tertiary/aromatic N) is 1. The minimum atomic E-state index is 0.152. The van der Waals surface area contributed by atoms with Gasteiger partial charge in [0.15, 0.2) is 0 Å². The van der Waals surface area contributed by atoms with Crippen LogP contribution in [0.4, 0.5) is 11.4 Å². The summed E-state index contributed by atoms with van der Waals surface area (Å²) >= 11 is 0. The lowest BCUT2D eigenvalue weighted by atomic mass is 10.0. The first-order valence-corrected chi connectivity index (χ1v) is 7.38. The molecule has 0 bridgehead atoms. The van der Waals surface area contributed by atoms with E-state index in [2.05, 4.69) is 16.4 Å². The average Bonchev–Trinajstić information content (AvgIpc) is 2.55. The number of amidine groups is 1. The summed E-state index contributed by atoms with van der Waals surface area (Å²) in [5.74, 6) is 0.927. The first kappa shape index (κ1) is 13.0. The minimum absolute atomic E-state index is 0.152. The maximum Gasteiger partial charge on any atom is 0.290 e. The second kappa shape index (κ2) is 5.26.